The van der Waals surface area contributed by atoms with Crippen molar-refractivity contribution in [3.8, 4) is 11.5 Å². The Morgan fingerprint density at radius 2 is 2.05 bits per heavy atom. The summed E-state index contributed by atoms with van der Waals surface area (Å²) in [5, 5.41) is 8.60. The number of esters is 1. The van der Waals surface area contributed by atoms with Crippen LogP contribution in [0.15, 0.2) is 24.3 Å². The first-order valence-electron chi connectivity index (χ1n) is 6.94. The van der Waals surface area contributed by atoms with Gasteiger partial charge >= 0.3 is 11.9 Å². The number of hydrogen-bond acceptors (Lipinski definition) is 5. The number of hydrogen-bond donors (Lipinski definition) is 1. The molecule has 22 heavy (non-hydrogen) atoms. The van der Waals surface area contributed by atoms with Gasteiger partial charge in [-0.1, -0.05) is 6.07 Å². The Balaban J connectivity index is 2.56. The molecule has 0 aliphatic rings. The molecule has 0 bridgehead atoms. The predicted molar refractivity (Wildman–Crippen MR) is 81.0 cm³/mol. The molecule has 0 aliphatic carbocycles. The van der Waals surface area contributed by atoms with Crippen molar-refractivity contribution in [1.82, 2.24) is 0 Å². The number of rotatable bonds is 9. The van der Waals surface area contributed by atoms with Crippen LogP contribution in [0.2, 0.25) is 0 Å². The summed E-state index contributed by atoms with van der Waals surface area (Å²) < 4.78 is 15.6. The summed E-state index contributed by atoms with van der Waals surface area (Å²) in [7, 11) is 1.51. The summed E-state index contributed by atoms with van der Waals surface area (Å²) in [6.45, 7) is 2.50. The van der Waals surface area contributed by atoms with Crippen molar-refractivity contribution in [2.75, 3.05) is 20.3 Å². The number of aliphatic carboxylic acids is 1. The van der Waals surface area contributed by atoms with E-state index in [2.05, 4.69) is 0 Å². The average molecular weight is 308 g/mol. The van der Waals surface area contributed by atoms with E-state index in [-0.39, 0.29) is 5.97 Å². The number of benzene rings is 1. The van der Waals surface area contributed by atoms with Gasteiger partial charge < -0.3 is 19.3 Å². The lowest BCUT2D eigenvalue weighted by molar-refractivity contribution is -0.143. The van der Waals surface area contributed by atoms with Gasteiger partial charge in [0.05, 0.1) is 20.3 Å². The van der Waals surface area contributed by atoms with E-state index in [4.69, 9.17) is 19.3 Å². The van der Waals surface area contributed by atoms with E-state index in [1.165, 1.54) is 13.2 Å². The van der Waals surface area contributed by atoms with Crippen molar-refractivity contribution in [3.05, 3.63) is 29.8 Å². The lowest BCUT2D eigenvalue weighted by atomic mass is 10.2. The molecule has 1 aromatic rings. The summed E-state index contributed by atoms with van der Waals surface area (Å²) in [4.78, 5) is 21.7. The van der Waals surface area contributed by atoms with Gasteiger partial charge in [-0.2, -0.15) is 0 Å². The maximum absolute atomic E-state index is 11.2. The van der Waals surface area contributed by atoms with E-state index in [1.54, 1.807) is 25.1 Å². The number of ether oxygens (including phenoxy) is 3. The Kier molecular flexibility index (Phi) is 7.53. The van der Waals surface area contributed by atoms with Crippen LogP contribution in [0.4, 0.5) is 0 Å². The molecule has 0 heterocycles. The first-order valence-corrected chi connectivity index (χ1v) is 6.94. The third-order valence-corrected chi connectivity index (χ3v) is 2.69. The molecule has 0 aromatic heterocycles. The van der Waals surface area contributed by atoms with Gasteiger partial charge in [-0.15, -0.1) is 0 Å². The van der Waals surface area contributed by atoms with Crippen LogP contribution in [-0.2, 0) is 14.3 Å². The van der Waals surface area contributed by atoms with Gasteiger partial charge in [-0.25, -0.2) is 4.79 Å². The second-order valence-electron chi connectivity index (χ2n) is 4.34. The van der Waals surface area contributed by atoms with Gasteiger partial charge in [-0.05, 0) is 37.1 Å². The quantitative estimate of drug-likeness (QED) is 0.429. The highest BCUT2D eigenvalue weighted by atomic mass is 16.5. The third-order valence-electron chi connectivity index (χ3n) is 2.69. The maximum atomic E-state index is 11.2. The van der Waals surface area contributed by atoms with Crippen molar-refractivity contribution in [3.63, 3.8) is 0 Å². The fraction of sp³-hybridized carbons (Fsp3) is 0.375. The first-order chi connectivity index (χ1) is 10.6. The number of carbonyl (C=O) groups is 2. The van der Waals surface area contributed by atoms with Gasteiger partial charge in [0, 0.05) is 12.5 Å². The maximum Gasteiger partial charge on any atom is 0.328 e. The molecule has 6 nitrogen and oxygen atoms in total. The van der Waals surface area contributed by atoms with Gasteiger partial charge in [0.25, 0.3) is 0 Å². The Labute approximate surface area is 129 Å². The zero-order valence-electron chi connectivity index (χ0n) is 12.7. The van der Waals surface area contributed by atoms with Crippen LogP contribution in [0, 0.1) is 0 Å². The van der Waals surface area contributed by atoms with Crippen LogP contribution in [0.5, 0.6) is 11.5 Å². The minimum Gasteiger partial charge on any atom is -0.493 e. The molecule has 0 amide bonds. The van der Waals surface area contributed by atoms with Crippen LogP contribution >= 0.6 is 0 Å². The second kappa shape index (κ2) is 9.44. The predicted octanol–water partition coefficient (Wildman–Crippen LogP) is 2.52. The Hall–Kier alpha value is -2.50. The largest absolute Gasteiger partial charge is 0.493 e. The molecule has 1 aromatic carbocycles. The molecule has 0 spiro atoms. The van der Waals surface area contributed by atoms with Crippen molar-refractivity contribution in [1.29, 1.82) is 0 Å². The van der Waals surface area contributed by atoms with E-state index >= 15 is 0 Å². The minimum atomic E-state index is -1.02. The zero-order chi connectivity index (χ0) is 16.4. The van der Waals surface area contributed by atoms with E-state index in [9.17, 15) is 9.59 Å². The Morgan fingerprint density at radius 3 is 2.68 bits per heavy atom. The molecule has 1 rings (SSSR count). The smallest absolute Gasteiger partial charge is 0.328 e. The molecule has 0 saturated heterocycles. The minimum absolute atomic E-state index is 0.243. The standard InChI is InChI=1S/C16H20O6/c1-3-21-16(19)5-4-10-22-13-8-6-12(7-9-15(17)18)11-14(13)20-2/h6-9,11H,3-5,10H2,1-2H3,(H,17,18)/b9-7+. The van der Waals surface area contributed by atoms with E-state index in [0.717, 1.165) is 6.08 Å². The molecule has 0 aliphatic heterocycles. The number of carbonyl (C=O) groups excluding carboxylic acids is 1. The SMILES string of the molecule is CCOC(=O)CCCOc1ccc(/C=C/C(=O)O)cc1OC. The highest BCUT2D eigenvalue weighted by Gasteiger charge is 2.06. The molecular formula is C16H20O6. The van der Waals surface area contributed by atoms with Gasteiger partial charge in [0.1, 0.15) is 0 Å². The normalized spacial score (nSPS) is 10.5. The Bertz CT molecular complexity index is 535. The Morgan fingerprint density at radius 1 is 1.27 bits per heavy atom. The van der Waals surface area contributed by atoms with Crippen LogP contribution in [0.3, 0.4) is 0 Å². The van der Waals surface area contributed by atoms with Crippen LogP contribution in [0.1, 0.15) is 25.3 Å². The molecule has 1 N–H and O–H groups in total. The third kappa shape index (κ3) is 6.30. The summed E-state index contributed by atoms with van der Waals surface area (Å²) >= 11 is 0. The zero-order valence-corrected chi connectivity index (χ0v) is 12.7. The summed E-state index contributed by atoms with van der Waals surface area (Å²) in [6.07, 6.45) is 3.36. The van der Waals surface area contributed by atoms with Crippen molar-refractivity contribution >= 4 is 18.0 Å². The van der Waals surface area contributed by atoms with Crippen molar-refractivity contribution < 1.29 is 28.9 Å². The molecular weight excluding hydrogens is 288 g/mol. The topological polar surface area (TPSA) is 82.1 Å². The van der Waals surface area contributed by atoms with E-state index in [0.29, 0.717) is 43.1 Å². The molecule has 0 atom stereocenters. The highest BCUT2D eigenvalue weighted by Crippen LogP contribution is 2.28. The van der Waals surface area contributed by atoms with Crippen molar-refractivity contribution in [2.24, 2.45) is 0 Å². The summed E-state index contributed by atoms with van der Waals surface area (Å²) in [5.41, 5.74) is 0.693. The van der Waals surface area contributed by atoms with E-state index in [1.807, 2.05) is 0 Å². The summed E-state index contributed by atoms with van der Waals surface area (Å²) in [5.74, 6) is -0.215. The van der Waals surface area contributed by atoms with E-state index < -0.39 is 5.97 Å². The fourth-order valence-electron chi connectivity index (χ4n) is 1.71. The first kappa shape index (κ1) is 17.6. The van der Waals surface area contributed by atoms with Gasteiger partial charge in [0.15, 0.2) is 11.5 Å². The second-order valence-corrected chi connectivity index (χ2v) is 4.34. The molecule has 0 unspecified atom stereocenters. The summed E-state index contributed by atoms with van der Waals surface area (Å²) in [6, 6.07) is 5.10. The number of carboxylic acids is 1. The van der Waals surface area contributed by atoms with Crippen LogP contribution in [-0.4, -0.2) is 37.4 Å². The monoisotopic (exact) mass is 308 g/mol. The van der Waals surface area contributed by atoms with Gasteiger partial charge in [0.2, 0.25) is 0 Å². The van der Waals surface area contributed by atoms with Crippen LogP contribution < -0.4 is 9.47 Å². The molecule has 6 heteroatoms. The highest BCUT2D eigenvalue weighted by molar-refractivity contribution is 5.85. The lowest BCUT2D eigenvalue weighted by Crippen LogP contribution is -2.07. The molecule has 0 fully saturated rings. The number of carboxylic acid groups (broad SMARTS) is 1. The fourth-order valence-corrected chi connectivity index (χ4v) is 1.71. The lowest BCUT2D eigenvalue weighted by Gasteiger charge is -2.11. The molecule has 0 radical (unpaired) electrons. The van der Waals surface area contributed by atoms with Crippen molar-refractivity contribution in [2.45, 2.75) is 19.8 Å². The average Bonchev–Trinajstić information content (AvgIpc) is 2.50. The molecule has 120 valence electrons. The number of methoxy groups -OCH3 is 1. The molecule has 0 saturated carbocycles. The van der Waals surface area contributed by atoms with Crippen LogP contribution in [0.25, 0.3) is 6.08 Å². The van der Waals surface area contributed by atoms with Gasteiger partial charge in [-0.3, -0.25) is 4.79 Å².